The minimum Gasteiger partial charge on any atom is -0.408 e. The molecule has 0 aliphatic heterocycles. The van der Waals surface area contributed by atoms with Gasteiger partial charge >= 0.3 is 6.01 Å². The number of rotatable bonds is 6. The van der Waals surface area contributed by atoms with Gasteiger partial charge in [-0.3, -0.25) is 0 Å². The van der Waals surface area contributed by atoms with E-state index in [1.165, 1.54) is 0 Å². The van der Waals surface area contributed by atoms with Crippen molar-refractivity contribution in [3.63, 3.8) is 0 Å². The van der Waals surface area contributed by atoms with Gasteiger partial charge in [-0.15, -0.1) is 16.7 Å². The number of hydrogen-bond donors (Lipinski definition) is 1. The van der Waals surface area contributed by atoms with E-state index in [0.29, 0.717) is 36.2 Å². The molecule has 0 aromatic carbocycles. The van der Waals surface area contributed by atoms with Crippen LogP contribution in [0.5, 0.6) is 0 Å². The smallest absolute Gasteiger partial charge is 0.315 e. The quantitative estimate of drug-likeness (QED) is 0.765. The second-order valence-corrected chi connectivity index (χ2v) is 4.22. The van der Waals surface area contributed by atoms with Gasteiger partial charge in [0.1, 0.15) is 0 Å². The number of nitrogens with zero attached hydrogens (tertiary/aromatic N) is 2. The van der Waals surface area contributed by atoms with Gasteiger partial charge in [-0.05, 0) is 12.3 Å². The Labute approximate surface area is 95.4 Å². The molecule has 1 aromatic rings. The zero-order valence-electron chi connectivity index (χ0n) is 9.46. The summed E-state index contributed by atoms with van der Waals surface area (Å²) in [5.41, 5.74) is 0. The Balaban J connectivity index is 2.55. The molecular formula is C10H18ClN3O. The van der Waals surface area contributed by atoms with Gasteiger partial charge in [0.2, 0.25) is 5.89 Å². The molecule has 1 N–H and O–H groups in total. The maximum absolute atomic E-state index is 5.58. The summed E-state index contributed by atoms with van der Waals surface area (Å²) < 4.78 is 5.39. The van der Waals surface area contributed by atoms with Gasteiger partial charge in [0.05, 0.1) is 0 Å². The standard InChI is InChI=1S/C10H18ClN3O/c1-4-8(7(2)3)12-10-14-13-9(15-10)5-6-11/h7-8H,4-6H2,1-3H3,(H,12,14). The molecule has 15 heavy (non-hydrogen) atoms. The first kappa shape index (κ1) is 12.3. The van der Waals surface area contributed by atoms with E-state index in [4.69, 9.17) is 16.0 Å². The number of halogens is 1. The van der Waals surface area contributed by atoms with Gasteiger partial charge in [-0.1, -0.05) is 25.9 Å². The van der Waals surface area contributed by atoms with E-state index in [2.05, 4.69) is 36.3 Å². The highest BCUT2D eigenvalue weighted by Crippen LogP contribution is 2.14. The van der Waals surface area contributed by atoms with E-state index < -0.39 is 0 Å². The minimum atomic E-state index is 0.370. The Hall–Kier alpha value is -0.770. The lowest BCUT2D eigenvalue weighted by molar-refractivity contribution is 0.466. The van der Waals surface area contributed by atoms with E-state index in [1.807, 2.05) is 0 Å². The van der Waals surface area contributed by atoms with Gasteiger partial charge in [0.25, 0.3) is 0 Å². The van der Waals surface area contributed by atoms with Crippen molar-refractivity contribution in [1.82, 2.24) is 10.2 Å². The lowest BCUT2D eigenvalue weighted by atomic mass is 10.0. The van der Waals surface area contributed by atoms with Gasteiger partial charge in [0.15, 0.2) is 0 Å². The summed E-state index contributed by atoms with van der Waals surface area (Å²) in [5.74, 6) is 1.63. The number of anilines is 1. The van der Waals surface area contributed by atoms with Crippen LogP contribution in [0.15, 0.2) is 4.42 Å². The number of alkyl halides is 1. The number of hydrogen-bond acceptors (Lipinski definition) is 4. The predicted octanol–water partition coefficient (Wildman–Crippen LogP) is 2.70. The van der Waals surface area contributed by atoms with Crippen molar-refractivity contribution in [3.05, 3.63) is 5.89 Å². The summed E-state index contributed by atoms with van der Waals surface area (Å²) >= 11 is 5.58. The van der Waals surface area contributed by atoms with Crippen molar-refractivity contribution < 1.29 is 4.42 Å². The van der Waals surface area contributed by atoms with Crippen molar-refractivity contribution in [2.45, 2.75) is 39.7 Å². The molecule has 0 fully saturated rings. The third-order valence-corrected chi connectivity index (χ3v) is 2.52. The summed E-state index contributed by atoms with van der Waals surface area (Å²) in [6, 6.07) is 0.866. The molecule has 0 saturated heterocycles. The molecule has 1 rings (SSSR count). The van der Waals surface area contributed by atoms with Crippen molar-refractivity contribution in [1.29, 1.82) is 0 Å². The molecule has 0 spiro atoms. The first-order chi connectivity index (χ1) is 7.17. The molecule has 0 aliphatic rings. The van der Waals surface area contributed by atoms with E-state index >= 15 is 0 Å². The SMILES string of the molecule is CCC(Nc1nnc(CCCl)o1)C(C)C. The highest BCUT2D eigenvalue weighted by atomic mass is 35.5. The molecule has 5 heteroatoms. The highest BCUT2D eigenvalue weighted by molar-refractivity contribution is 6.17. The van der Waals surface area contributed by atoms with Gasteiger partial charge in [-0.25, -0.2) is 0 Å². The molecule has 0 aliphatic carbocycles. The number of aromatic nitrogens is 2. The Bertz CT molecular complexity index is 288. The van der Waals surface area contributed by atoms with E-state index in [0.717, 1.165) is 6.42 Å². The van der Waals surface area contributed by atoms with Crippen LogP contribution < -0.4 is 5.32 Å². The van der Waals surface area contributed by atoms with Crippen LogP contribution >= 0.6 is 11.6 Å². The fourth-order valence-electron chi connectivity index (χ4n) is 1.39. The van der Waals surface area contributed by atoms with Crippen LogP contribution in [0.2, 0.25) is 0 Å². The lowest BCUT2D eigenvalue weighted by Gasteiger charge is -2.18. The minimum absolute atomic E-state index is 0.370. The molecule has 1 heterocycles. The van der Waals surface area contributed by atoms with Crippen LogP contribution in [-0.4, -0.2) is 22.1 Å². The summed E-state index contributed by atoms with van der Waals surface area (Å²) in [6.07, 6.45) is 1.65. The van der Waals surface area contributed by atoms with Crippen LogP contribution in [0.3, 0.4) is 0 Å². The number of aryl methyl sites for hydroxylation is 1. The predicted molar refractivity (Wildman–Crippen MR) is 61.3 cm³/mol. The maximum Gasteiger partial charge on any atom is 0.315 e. The van der Waals surface area contributed by atoms with Crippen molar-refractivity contribution >= 4 is 17.6 Å². The topological polar surface area (TPSA) is 51.0 Å². The zero-order valence-corrected chi connectivity index (χ0v) is 10.2. The molecule has 1 aromatic heterocycles. The fourth-order valence-corrected chi connectivity index (χ4v) is 1.55. The van der Waals surface area contributed by atoms with Crippen molar-refractivity contribution in [3.8, 4) is 0 Å². The third-order valence-electron chi connectivity index (χ3n) is 2.33. The zero-order chi connectivity index (χ0) is 11.3. The van der Waals surface area contributed by atoms with Gasteiger partial charge < -0.3 is 9.73 Å². The Morgan fingerprint density at radius 3 is 2.67 bits per heavy atom. The number of nitrogens with one attached hydrogen (secondary N) is 1. The Morgan fingerprint density at radius 1 is 1.40 bits per heavy atom. The summed E-state index contributed by atoms with van der Waals surface area (Å²) in [4.78, 5) is 0. The first-order valence-corrected chi connectivity index (χ1v) is 5.85. The van der Waals surface area contributed by atoms with Crippen LogP contribution in [0.4, 0.5) is 6.01 Å². The average molecular weight is 232 g/mol. The second-order valence-electron chi connectivity index (χ2n) is 3.84. The van der Waals surface area contributed by atoms with Gasteiger partial charge in [0, 0.05) is 18.3 Å². The summed E-state index contributed by atoms with van der Waals surface area (Å²) in [5, 5.41) is 11.0. The lowest BCUT2D eigenvalue weighted by Crippen LogP contribution is -2.24. The molecule has 0 saturated carbocycles. The Morgan fingerprint density at radius 2 is 2.13 bits per heavy atom. The van der Waals surface area contributed by atoms with Crippen LogP contribution in [0.25, 0.3) is 0 Å². The van der Waals surface area contributed by atoms with E-state index in [9.17, 15) is 0 Å². The second kappa shape index (κ2) is 5.95. The van der Waals surface area contributed by atoms with Crippen LogP contribution in [0, 0.1) is 5.92 Å². The van der Waals surface area contributed by atoms with Crippen molar-refractivity contribution in [2.24, 2.45) is 5.92 Å². The molecule has 1 atom stereocenters. The summed E-state index contributed by atoms with van der Waals surface area (Å²) in [7, 11) is 0. The molecule has 0 bridgehead atoms. The van der Waals surface area contributed by atoms with Crippen molar-refractivity contribution in [2.75, 3.05) is 11.2 Å². The molecule has 1 unspecified atom stereocenters. The molecule has 0 amide bonds. The Kier molecular flexibility index (Phi) is 4.88. The molecule has 0 radical (unpaired) electrons. The molecular weight excluding hydrogens is 214 g/mol. The third kappa shape index (κ3) is 3.70. The molecule has 4 nitrogen and oxygen atoms in total. The van der Waals surface area contributed by atoms with Crippen LogP contribution in [-0.2, 0) is 6.42 Å². The fraction of sp³-hybridized carbons (Fsp3) is 0.800. The largest absolute Gasteiger partial charge is 0.408 e. The first-order valence-electron chi connectivity index (χ1n) is 5.32. The van der Waals surface area contributed by atoms with E-state index in [-0.39, 0.29) is 0 Å². The maximum atomic E-state index is 5.58. The van der Waals surface area contributed by atoms with E-state index in [1.54, 1.807) is 0 Å². The summed E-state index contributed by atoms with van der Waals surface area (Å²) in [6.45, 7) is 6.46. The average Bonchev–Trinajstić information content (AvgIpc) is 2.62. The van der Waals surface area contributed by atoms with Gasteiger partial charge in [-0.2, -0.15) is 0 Å². The monoisotopic (exact) mass is 231 g/mol. The molecule has 86 valence electrons. The van der Waals surface area contributed by atoms with Crippen LogP contribution in [0.1, 0.15) is 33.1 Å². The highest BCUT2D eigenvalue weighted by Gasteiger charge is 2.14. The normalized spacial score (nSPS) is 13.1.